The van der Waals surface area contributed by atoms with Crippen molar-refractivity contribution in [2.24, 2.45) is 5.84 Å². The molecule has 0 amide bonds. The Hall–Kier alpha value is -1.92. The molecule has 0 bridgehead atoms. The molecule has 0 saturated heterocycles. The molecule has 2 aromatic rings. The normalized spacial score (nSPS) is 10.8. The Balaban J connectivity index is 2.42. The third kappa shape index (κ3) is 3.40. The number of nitrogens with one attached hydrogen (secondary N) is 2. The second-order valence-corrected chi connectivity index (χ2v) is 5.36. The number of anilines is 3. The fraction of sp³-hybridized carbons (Fsp3) is 0.286. The van der Waals surface area contributed by atoms with Crippen LogP contribution in [0.5, 0.6) is 0 Å². The number of hydrogen-bond donors (Lipinski definition) is 3. The van der Waals surface area contributed by atoms with Crippen molar-refractivity contribution in [3.8, 4) is 0 Å². The monoisotopic (exact) mass is 309 g/mol. The van der Waals surface area contributed by atoms with E-state index in [1.165, 1.54) is 12.1 Å². The van der Waals surface area contributed by atoms with Crippen LogP contribution in [-0.4, -0.2) is 9.97 Å². The smallest absolute Gasteiger partial charge is 0.148 e. The number of nitrogens with two attached hydrogens (primary N) is 1. The minimum Gasteiger partial charge on any atom is -0.340 e. The van der Waals surface area contributed by atoms with Gasteiger partial charge in [-0.3, -0.25) is 0 Å². The average Bonchev–Trinajstić information content (AvgIpc) is 2.44. The second kappa shape index (κ2) is 6.24. The highest BCUT2D eigenvalue weighted by molar-refractivity contribution is 6.31. The molecule has 2 rings (SSSR count). The number of aromatic nitrogens is 2. The first-order chi connectivity index (χ1) is 9.92. The van der Waals surface area contributed by atoms with E-state index in [9.17, 15) is 4.39 Å². The Bertz CT molecular complexity index is 660. The maximum absolute atomic E-state index is 13.2. The van der Waals surface area contributed by atoms with E-state index in [1.54, 1.807) is 6.07 Å². The van der Waals surface area contributed by atoms with Crippen molar-refractivity contribution in [1.29, 1.82) is 0 Å². The highest BCUT2D eigenvalue weighted by Gasteiger charge is 2.13. The van der Waals surface area contributed by atoms with Gasteiger partial charge in [0, 0.05) is 17.2 Å². The number of halogens is 2. The number of benzene rings is 1. The lowest BCUT2D eigenvalue weighted by Crippen LogP contribution is -2.14. The molecule has 112 valence electrons. The van der Waals surface area contributed by atoms with Crippen LogP contribution in [0.15, 0.2) is 18.2 Å². The molecule has 0 saturated carbocycles. The molecule has 1 aromatic carbocycles. The highest BCUT2D eigenvalue weighted by atomic mass is 35.5. The van der Waals surface area contributed by atoms with Crippen LogP contribution < -0.4 is 16.6 Å². The Morgan fingerprint density at radius 1 is 1.24 bits per heavy atom. The van der Waals surface area contributed by atoms with Crippen molar-refractivity contribution in [3.05, 3.63) is 40.4 Å². The van der Waals surface area contributed by atoms with E-state index in [1.807, 2.05) is 20.8 Å². The predicted octanol–water partition coefficient (Wildman–Crippen LogP) is 3.73. The topological polar surface area (TPSA) is 75.9 Å². The van der Waals surface area contributed by atoms with E-state index < -0.39 is 5.82 Å². The predicted molar refractivity (Wildman–Crippen MR) is 83.4 cm³/mol. The van der Waals surface area contributed by atoms with Crippen LogP contribution in [0.2, 0.25) is 5.02 Å². The molecular weight excluding hydrogens is 293 g/mol. The zero-order valence-corrected chi connectivity index (χ0v) is 12.8. The van der Waals surface area contributed by atoms with E-state index in [-0.39, 0.29) is 10.9 Å². The second-order valence-electron chi connectivity index (χ2n) is 4.96. The minimum absolute atomic E-state index is 0.0490. The Labute approximate surface area is 127 Å². The largest absolute Gasteiger partial charge is 0.340 e. The fourth-order valence-electron chi connectivity index (χ4n) is 1.76. The highest BCUT2D eigenvalue weighted by Crippen LogP contribution is 2.27. The van der Waals surface area contributed by atoms with Gasteiger partial charge in [-0.1, -0.05) is 25.4 Å². The molecule has 0 atom stereocenters. The maximum Gasteiger partial charge on any atom is 0.148 e. The molecule has 0 unspecified atom stereocenters. The van der Waals surface area contributed by atoms with Crippen molar-refractivity contribution >= 4 is 28.9 Å². The Morgan fingerprint density at radius 3 is 2.48 bits per heavy atom. The summed E-state index contributed by atoms with van der Waals surface area (Å²) in [5.41, 5.74) is 3.97. The van der Waals surface area contributed by atoms with E-state index >= 15 is 0 Å². The van der Waals surface area contributed by atoms with Gasteiger partial charge < -0.3 is 10.7 Å². The third-order valence-corrected chi connectivity index (χ3v) is 3.29. The maximum atomic E-state index is 13.2. The lowest BCUT2D eigenvalue weighted by molar-refractivity contribution is 0.628. The lowest BCUT2D eigenvalue weighted by atomic mass is 10.2. The number of hydrazine groups is 1. The molecule has 4 N–H and O–H groups in total. The van der Waals surface area contributed by atoms with Gasteiger partial charge in [0.15, 0.2) is 0 Å². The minimum atomic E-state index is -0.464. The summed E-state index contributed by atoms with van der Waals surface area (Å²) in [6, 6.07) is 4.39. The summed E-state index contributed by atoms with van der Waals surface area (Å²) in [7, 11) is 0. The van der Waals surface area contributed by atoms with E-state index in [0.29, 0.717) is 23.1 Å². The standard InChI is InChI=1S/C14H17ClFN5/c1-7(2)12-19-13(8(3)14(20-12)21-17)18-9-4-5-11(16)10(15)6-9/h4-7H,17H2,1-3H3,(H2,18,19,20,21). The summed E-state index contributed by atoms with van der Waals surface area (Å²) in [6.45, 7) is 5.82. The van der Waals surface area contributed by atoms with Crippen molar-refractivity contribution in [3.63, 3.8) is 0 Å². The van der Waals surface area contributed by atoms with Gasteiger partial charge in [-0.15, -0.1) is 0 Å². The average molecular weight is 310 g/mol. The molecular formula is C14H17ClFN5. The zero-order chi connectivity index (χ0) is 15.6. The van der Waals surface area contributed by atoms with Crippen molar-refractivity contribution in [1.82, 2.24) is 9.97 Å². The molecule has 0 fully saturated rings. The van der Waals surface area contributed by atoms with E-state index in [2.05, 4.69) is 20.7 Å². The number of nitrogens with zero attached hydrogens (tertiary/aromatic N) is 2. The molecule has 0 aliphatic heterocycles. The molecule has 1 heterocycles. The van der Waals surface area contributed by atoms with Crippen molar-refractivity contribution < 1.29 is 4.39 Å². The summed E-state index contributed by atoms with van der Waals surface area (Å²) in [6.07, 6.45) is 0. The lowest BCUT2D eigenvalue weighted by Gasteiger charge is -2.15. The molecule has 21 heavy (non-hydrogen) atoms. The molecule has 0 aliphatic rings. The SMILES string of the molecule is Cc1c(NN)nc(C(C)C)nc1Nc1ccc(F)c(Cl)c1. The Kier molecular flexibility index (Phi) is 4.59. The number of nitrogen functional groups attached to an aromatic ring is 1. The van der Waals surface area contributed by atoms with Gasteiger partial charge >= 0.3 is 0 Å². The molecule has 1 aromatic heterocycles. The van der Waals surface area contributed by atoms with Gasteiger partial charge in [-0.2, -0.15) is 0 Å². The van der Waals surface area contributed by atoms with Crippen LogP contribution in [0.4, 0.5) is 21.7 Å². The van der Waals surface area contributed by atoms with Crippen LogP contribution in [0.1, 0.15) is 31.2 Å². The first-order valence-electron chi connectivity index (χ1n) is 6.49. The number of rotatable bonds is 4. The van der Waals surface area contributed by atoms with Crippen molar-refractivity contribution in [2.45, 2.75) is 26.7 Å². The van der Waals surface area contributed by atoms with Gasteiger partial charge in [0.25, 0.3) is 0 Å². The van der Waals surface area contributed by atoms with E-state index in [4.69, 9.17) is 17.4 Å². The first kappa shape index (κ1) is 15.5. The summed E-state index contributed by atoms with van der Waals surface area (Å²) in [4.78, 5) is 8.82. The van der Waals surface area contributed by atoms with E-state index in [0.717, 1.165) is 5.56 Å². The van der Waals surface area contributed by atoms with Crippen LogP contribution in [-0.2, 0) is 0 Å². The molecule has 0 radical (unpaired) electrons. The summed E-state index contributed by atoms with van der Waals surface area (Å²) < 4.78 is 13.2. The zero-order valence-electron chi connectivity index (χ0n) is 12.0. The first-order valence-corrected chi connectivity index (χ1v) is 6.87. The summed E-state index contributed by atoms with van der Waals surface area (Å²) in [5, 5.41) is 3.16. The van der Waals surface area contributed by atoms with Crippen LogP contribution in [0, 0.1) is 12.7 Å². The van der Waals surface area contributed by atoms with Gasteiger partial charge in [0.2, 0.25) is 0 Å². The van der Waals surface area contributed by atoms with Crippen molar-refractivity contribution in [2.75, 3.05) is 10.7 Å². The third-order valence-electron chi connectivity index (χ3n) is 3.00. The van der Waals surface area contributed by atoms with Crippen LogP contribution in [0.3, 0.4) is 0 Å². The summed E-state index contributed by atoms with van der Waals surface area (Å²) in [5.74, 6) is 6.98. The van der Waals surface area contributed by atoms with Crippen LogP contribution >= 0.6 is 11.6 Å². The Morgan fingerprint density at radius 2 is 1.90 bits per heavy atom. The van der Waals surface area contributed by atoms with Gasteiger partial charge in [0.1, 0.15) is 23.3 Å². The van der Waals surface area contributed by atoms with Gasteiger partial charge in [-0.25, -0.2) is 20.2 Å². The molecule has 0 spiro atoms. The molecule has 0 aliphatic carbocycles. The van der Waals surface area contributed by atoms with Gasteiger partial charge in [-0.05, 0) is 25.1 Å². The van der Waals surface area contributed by atoms with Gasteiger partial charge in [0.05, 0.1) is 5.02 Å². The molecule has 7 heteroatoms. The summed E-state index contributed by atoms with van der Waals surface area (Å²) >= 11 is 5.78. The van der Waals surface area contributed by atoms with Crippen LogP contribution in [0.25, 0.3) is 0 Å². The number of hydrogen-bond acceptors (Lipinski definition) is 5. The molecule has 5 nitrogen and oxygen atoms in total. The fourth-order valence-corrected chi connectivity index (χ4v) is 1.95. The quantitative estimate of drug-likeness (QED) is 0.592.